The summed E-state index contributed by atoms with van der Waals surface area (Å²) in [5, 5.41) is 3.43. The van der Waals surface area contributed by atoms with Crippen LogP contribution in [0.3, 0.4) is 0 Å². The van der Waals surface area contributed by atoms with Gasteiger partial charge in [0.05, 0.1) is 31.8 Å². The molecule has 164 valence electrons. The highest BCUT2D eigenvalue weighted by molar-refractivity contribution is 8.15. The van der Waals surface area contributed by atoms with Crippen LogP contribution in [0, 0.1) is 0 Å². The number of ether oxygens (including phenoxy) is 2. The number of hydrogen-bond donors (Lipinski definition) is 1. The van der Waals surface area contributed by atoms with Crippen LogP contribution in [0.2, 0.25) is 0 Å². The van der Waals surface area contributed by atoms with Crippen LogP contribution in [-0.2, 0) is 14.6 Å². The van der Waals surface area contributed by atoms with Crippen LogP contribution in [0.5, 0.6) is 11.5 Å². The molecule has 2 atom stereocenters. The first-order valence-electron chi connectivity index (χ1n) is 9.67. The van der Waals surface area contributed by atoms with Crippen molar-refractivity contribution >= 4 is 44.0 Å². The molecule has 2 aromatic rings. The van der Waals surface area contributed by atoms with Gasteiger partial charge < -0.3 is 19.7 Å². The number of carbonyl (C=O) groups is 1. The Balaban J connectivity index is 1.54. The van der Waals surface area contributed by atoms with Crippen LogP contribution in [-0.4, -0.2) is 63.1 Å². The van der Waals surface area contributed by atoms with Gasteiger partial charge >= 0.3 is 0 Å². The molecule has 0 bridgehead atoms. The first-order valence-corrected chi connectivity index (χ1v) is 12.4. The zero-order chi connectivity index (χ0) is 22.0. The SMILES string of the molecule is COc1ccc(NC(=O)CN(C2=N[C@@H]3CS(=O)(=O)C[C@H]3S2)c2ccc(OC)cc2)cc1. The number of nitrogens with one attached hydrogen (secondary N) is 1. The van der Waals surface area contributed by atoms with E-state index in [4.69, 9.17) is 9.47 Å². The zero-order valence-electron chi connectivity index (χ0n) is 17.1. The van der Waals surface area contributed by atoms with Gasteiger partial charge in [0.25, 0.3) is 0 Å². The molecule has 0 radical (unpaired) electrons. The van der Waals surface area contributed by atoms with Crippen molar-refractivity contribution in [3.8, 4) is 11.5 Å². The van der Waals surface area contributed by atoms with Crippen LogP contribution in [0.15, 0.2) is 53.5 Å². The molecule has 2 aromatic carbocycles. The van der Waals surface area contributed by atoms with Crippen LogP contribution in [0.1, 0.15) is 0 Å². The fraction of sp³-hybridized carbons (Fsp3) is 0.333. The minimum atomic E-state index is -3.05. The second-order valence-electron chi connectivity index (χ2n) is 7.27. The molecule has 1 amide bonds. The number of fused-ring (bicyclic) bond motifs is 1. The Hall–Kier alpha value is -2.72. The summed E-state index contributed by atoms with van der Waals surface area (Å²) in [5.74, 6) is 1.37. The first-order chi connectivity index (χ1) is 14.9. The number of benzene rings is 2. The number of thioether (sulfide) groups is 1. The van der Waals surface area contributed by atoms with Gasteiger partial charge in [-0.3, -0.25) is 9.79 Å². The van der Waals surface area contributed by atoms with Crippen molar-refractivity contribution in [2.45, 2.75) is 11.3 Å². The van der Waals surface area contributed by atoms with Gasteiger partial charge in [0.15, 0.2) is 15.0 Å². The van der Waals surface area contributed by atoms with Crippen molar-refractivity contribution in [2.24, 2.45) is 4.99 Å². The van der Waals surface area contributed by atoms with Gasteiger partial charge in [-0.15, -0.1) is 0 Å². The maximum Gasteiger partial charge on any atom is 0.244 e. The van der Waals surface area contributed by atoms with E-state index in [1.807, 2.05) is 29.2 Å². The van der Waals surface area contributed by atoms with Crippen molar-refractivity contribution in [3.63, 3.8) is 0 Å². The second kappa shape index (κ2) is 8.80. The van der Waals surface area contributed by atoms with Gasteiger partial charge in [-0.2, -0.15) is 0 Å². The Morgan fingerprint density at radius 2 is 1.68 bits per heavy atom. The molecule has 0 spiro atoms. The largest absolute Gasteiger partial charge is 0.497 e. The fourth-order valence-corrected chi connectivity index (χ4v) is 7.30. The van der Waals surface area contributed by atoms with Crippen molar-refractivity contribution < 1.29 is 22.7 Å². The van der Waals surface area contributed by atoms with E-state index in [9.17, 15) is 13.2 Å². The molecule has 0 saturated carbocycles. The molecule has 2 aliphatic rings. The highest BCUT2D eigenvalue weighted by Gasteiger charge is 2.44. The average molecular weight is 462 g/mol. The second-order valence-corrected chi connectivity index (χ2v) is 10.6. The Morgan fingerprint density at radius 3 is 2.26 bits per heavy atom. The lowest BCUT2D eigenvalue weighted by atomic mass is 10.2. The van der Waals surface area contributed by atoms with E-state index in [2.05, 4.69) is 10.3 Å². The maximum atomic E-state index is 12.8. The molecule has 0 aliphatic carbocycles. The highest BCUT2D eigenvalue weighted by Crippen LogP contribution is 2.37. The van der Waals surface area contributed by atoms with Crippen LogP contribution >= 0.6 is 11.8 Å². The van der Waals surface area contributed by atoms with Gasteiger partial charge in [-0.1, -0.05) is 11.8 Å². The molecular formula is C21H23N3O5S2. The Kier molecular flexibility index (Phi) is 6.10. The number of amides is 1. The number of nitrogens with zero attached hydrogens (tertiary/aromatic N) is 2. The number of amidine groups is 1. The van der Waals surface area contributed by atoms with Crippen LogP contribution < -0.4 is 19.7 Å². The van der Waals surface area contributed by atoms with Gasteiger partial charge in [0.1, 0.15) is 18.0 Å². The molecule has 8 nitrogen and oxygen atoms in total. The molecule has 1 saturated heterocycles. The van der Waals surface area contributed by atoms with Gasteiger partial charge in [-0.25, -0.2) is 8.42 Å². The van der Waals surface area contributed by atoms with E-state index in [1.165, 1.54) is 11.8 Å². The van der Waals surface area contributed by atoms with E-state index in [0.29, 0.717) is 22.4 Å². The monoisotopic (exact) mass is 461 g/mol. The van der Waals surface area contributed by atoms with Gasteiger partial charge in [-0.05, 0) is 48.5 Å². The third-order valence-electron chi connectivity index (χ3n) is 5.10. The van der Waals surface area contributed by atoms with Crippen molar-refractivity contribution in [2.75, 3.05) is 42.5 Å². The predicted molar refractivity (Wildman–Crippen MR) is 123 cm³/mol. The van der Waals surface area contributed by atoms with E-state index in [1.54, 1.807) is 38.5 Å². The molecule has 2 aliphatic heterocycles. The number of rotatable bonds is 6. The third kappa shape index (κ3) is 4.96. The number of sulfone groups is 1. The third-order valence-corrected chi connectivity index (χ3v) is 8.34. The van der Waals surface area contributed by atoms with Crippen molar-refractivity contribution in [3.05, 3.63) is 48.5 Å². The quantitative estimate of drug-likeness (QED) is 0.706. The predicted octanol–water partition coefficient (Wildman–Crippen LogP) is 2.42. The number of carbonyl (C=O) groups excluding carboxylic acids is 1. The molecule has 0 unspecified atom stereocenters. The molecule has 31 heavy (non-hydrogen) atoms. The smallest absolute Gasteiger partial charge is 0.244 e. The normalized spacial score (nSPS) is 21.2. The topological polar surface area (TPSA) is 97.3 Å². The standard InChI is InChI=1S/C21H23N3O5S2/c1-28-16-7-3-14(4-8-16)22-20(25)11-24(15-5-9-17(29-2)10-6-15)21-23-18-12-31(26,27)13-19(18)30-21/h3-10,18-19H,11-13H2,1-2H3,(H,22,25)/t18-,19-/m1/s1. The summed E-state index contributed by atoms with van der Waals surface area (Å²) in [6.45, 7) is 0.0381. The minimum absolute atomic E-state index is 0.0381. The molecule has 1 fully saturated rings. The van der Waals surface area contributed by atoms with Crippen molar-refractivity contribution in [1.29, 1.82) is 0 Å². The lowest BCUT2D eigenvalue weighted by molar-refractivity contribution is -0.114. The Labute approximate surface area is 185 Å². The summed E-state index contributed by atoms with van der Waals surface area (Å²) in [4.78, 5) is 19.3. The van der Waals surface area contributed by atoms with E-state index < -0.39 is 9.84 Å². The van der Waals surface area contributed by atoms with Crippen LogP contribution in [0.25, 0.3) is 0 Å². The summed E-state index contributed by atoms with van der Waals surface area (Å²) >= 11 is 1.42. The number of methoxy groups -OCH3 is 2. The Bertz CT molecular complexity index is 1090. The number of aliphatic imine (C=N–C) groups is 1. The first kappa shape index (κ1) is 21.5. The molecule has 0 aromatic heterocycles. The zero-order valence-corrected chi connectivity index (χ0v) is 18.8. The summed E-state index contributed by atoms with van der Waals surface area (Å²) in [5.41, 5.74) is 1.43. The number of hydrogen-bond acceptors (Lipinski definition) is 8. The molecule has 1 N–H and O–H groups in total. The van der Waals surface area contributed by atoms with E-state index in [-0.39, 0.29) is 35.2 Å². The highest BCUT2D eigenvalue weighted by atomic mass is 32.2. The molecule has 2 heterocycles. The minimum Gasteiger partial charge on any atom is -0.497 e. The summed E-state index contributed by atoms with van der Waals surface area (Å²) in [7, 11) is 0.125. The summed E-state index contributed by atoms with van der Waals surface area (Å²) in [6, 6.07) is 14.2. The molecular weight excluding hydrogens is 438 g/mol. The number of anilines is 2. The lowest BCUT2D eigenvalue weighted by Crippen LogP contribution is -2.36. The average Bonchev–Trinajstić information content (AvgIpc) is 3.26. The lowest BCUT2D eigenvalue weighted by Gasteiger charge is -2.24. The maximum absolute atomic E-state index is 12.8. The Morgan fingerprint density at radius 1 is 1.06 bits per heavy atom. The van der Waals surface area contributed by atoms with Gasteiger partial charge in [0.2, 0.25) is 5.91 Å². The van der Waals surface area contributed by atoms with Gasteiger partial charge in [0, 0.05) is 16.6 Å². The van der Waals surface area contributed by atoms with E-state index in [0.717, 1.165) is 5.69 Å². The fourth-order valence-electron chi connectivity index (χ4n) is 3.52. The van der Waals surface area contributed by atoms with E-state index >= 15 is 0 Å². The van der Waals surface area contributed by atoms with Crippen molar-refractivity contribution in [1.82, 2.24) is 0 Å². The summed E-state index contributed by atoms with van der Waals surface area (Å²) < 4.78 is 34.2. The molecule has 4 rings (SSSR count). The van der Waals surface area contributed by atoms with Crippen LogP contribution in [0.4, 0.5) is 11.4 Å². The summed E-state index contributed by atoms with van der Waals surface area (Å²) in [6.07, 6.45) is 0. The molecule has 10 heteroatoms.